The SMILES string of the molecule is CCOc1ccc(OCNC(=O)Nc2cccc(F)c2)cc1. The van der Waals surface area contributed by atoms with Crippen molar-refractivity contribution in [2.75, 3.05) is 18.7 Å². The Morgan fingerprint density at radius 3 is 2.41 bits per heavy atom. The maximum atomic E-state index is 13.0. The van der Waals surface area contributed by atoms with Gasteiger partial charge in [-0.15, -0.1) is 0 Å². The Morgan fingerprint density at radius 2 is 1.77 bits per heavy atom. The number of carbonyl (C=O) groups excluding carboxylic acids is 1. The highest BCUT2D eigenvalue weighted by molar-refractivity contribution is 5.89. The molecule has 0 atom stereocenters. The van der Waals surface area contributed by atoms with Crippen LogP contribution in [0.2, 0.25) is 0 Å². The van der Waals surface area contributed by atoms with E-state index in [1.807, 2.05) is 6.92 Å². The van der Waals surface area contributed by atoms with E-state index in [2.05, 4.69) is 10.6 Å². The fourth-order valence-electron chi connectivity index (χ4n) is 1.73. The fourth-order valence-corrected chi connectivity index (χ4v) is 1.73. The van der Waals surface area contributed by atoms with Gasteiger partial charge in [0.25, 0.3) is 0 Å². The normalized spacial score (nSPS) is 9.91. The number of rotatable bonds is 6. The molecular formula is C16H17FN2O3. The van der Waals surface area contributed by atoms with Crippen LogP contribution >= 0.6 is 0 Å². The molecule has 6 heteroatoms. The van der Waals surface area contributed by atoms with Gasteiger partial charge in [-0.05, 0) is 49.4 Å². The molecule has 2 rings (SSSR count). The molecule has 0 unspecified atom stereocenters. The lowest BCUT2D eigenvalue weighted by Crippen LogP contribution is -2.32. The summed E-state index contributed by atoms with van der Waals surface area (Å²) in [5.41, 5.74) is 0.374. The van der Waals surface area contributed by atoms with Gasteiger partial charge in [0.1, 0.15) is 17.3 Å². The van der Waals surface area contributed by atoms with Gasteiger partial charge < -0.3 is 20.1 Å². The van der Waals surface area contributed by atoms with E-state index in [9.17, 15) is 9.18 Å². The third-order valence-corrected chi connectivity index (χ3v) is 2.69. The van der Waals surface area contributed by atoms with Crippen molar-refractivity contribution in [3.8, 4) is 11.5 Å². The van der Waals surface area contributed by atoms with Crippen molar-refractivity contribution in [3.63, 3.8) is 0 Å². The minimum absolute atomic E-state index is 0.00483. The molecule has 2 N–H and O–H groups in total. The van der Waals surface area contributed by atoms with Crippen molar-refractivity contribution in [2.45, 2.75) is 6.92 Å². The Kier molecular flexibility index (Phi) is 5.59. The number of urea groups is 1. The zero-order chi connectivity index (χ0) is 15.8. The number of halogens is 1. The van der Waals surface area contributed by atoms with Gasteiger partial charge in [-0.1, -0.05) is 6.07 Å². The van der Waals surface area contributed by atoms with Crippen LogP contribution in [0.1, 0.15) is 6.92 Å². The fraction of sp³-hybridized carbons (Fsp3) is 0.188. The zero-order valence-corrected chi connectivity index (χ0v) is 12.1. The monoisotopic (exact) mass is 304 g/mol. The van der Waals surface area contributed by atoms with Crippen molar-refractivity contribution in [1.82, 2.24) is 5.32 Å². The molecule has 2 amide bonds. The largest absolute Gasteiger partial charge is 0.494 e. The van der Waals surface area contributed by atoms with Crippen LogP contribution in [-0.4, -0.2) is 19.4 Å². The molecule has 22 heavy (non-hydrogen) atoms. The van der Waals surface area contributed by atoms with Gasteiger partial charge in [-0.3, -0.25) is 0 Å². The summed E-state index contributed by atoms with van der Waals surface area (Å²) in [4.78, 5) is 11.6. The predicted octanol–water partition coefficient (Wildman–Crippen LogP) is 3.38. The molecule has 0 saturated heterocycles. The molecule has 0 spiro atoms. The lowest BCUT2D eigenvalue weighted by atomic mass is 10.3. The van der Waals surface area contributed by atoms with Gasteiger partial charge in [0.2, 0.25) is 0 Å². The van der Waals surface area contributed by atoms with E-state index < -0.39 is 11.8 Å². The molecule has 0 saturated carbocycles. The molecule has 0 aliphatic carbocycles. The summed E-state index contributed by atoms with van der Waals surface area (Å²) in [7, 11) is 0. The highest BCUT2D eigenvalue weighted by Crippen LogP contribution is 2.17. The molecule has 5 nitrogen and oxygen atoms in total. The quantitative estimate of drug-likeness (QED) is 0.804. The summed E-state index contributed by atoms with van der Waals surface area (Å²) in [5, 5.41) is 5.02. The summed E-state index contributed by atoms with van der Waals surface area (Å²) in [6, 6.07) is 12.2. The van der Waals surface area contributed by atoms with Crippen LogP contribution < -0.4 is 20.1 Å². The Labute approximate surface area is 128 Å². The van der Waals surface area contributed by atoms with E-state index in [0.29, 0.717) is 18.0 Å². The van der Waals surface area contributed by atoms with Crippen LogP contribution in [-0.2, 0) is 0 Å². The van der Waals surface area contributed by atoms with Gasteiger partial charge in [-0.2, -0.15) is 0 Å². The topological polar surface area (TPSA) is 59.6 Å². The maximum Gasteiger partial charge on any atom is 0.321 e. The minimum atomic E-state index is -0.475. The van der Waals surface area contributed by atoms with Crippen molar-refractivity contribution in [3.05, 3.63) is 54.3 Å². The number of amides is 2. The van der Waals surface area contributed by atoms with Crippen molar-refractivity contribution in [2.24, 2.45) is 0 Å². The Balaban J connectivity index is 1.74. The number of anilines is 1. The van der Waals surface area contributed by atoms with E-state index in [4.69, 9.17) is 9.47 Å². The molecule has 0 aliphatic rings. The van der Waals surface area contributed by atoms with Crippen LogP contribution in [0.5, 0.6) is 11.5 Å². The Morgan fingerprint density at radius 1 is 1.09 bits per heavy atom. The standard InChI is InChI=1S/C16H17FN2O3/c1-2-21-14-6-8-15(9-7-14)22-11-18-16(20)19-13-5-3-4-12(17)10-13/h3-10H,2,11H2,1H3,(H2,18,19,20). The number of benzene rings is 2. The van der Waals surface area contributed by atoms with Crippen LogP contribution in [0.15, 0.2) is 48.5 Å². The summed E-state index contributed by atoms with van der Waals surface area (Å²) in [5.74, 6) is 0.949. The molecule has 0 aromatic heterocycles. The van der Waals surface area contributed by atoms with E-state index in [1.54, 1.807) is 30.3 Å². The smallest absolute Gasteiger partial charge is 0.321 e. The van der Waals surface area contributed by atoms with E-state index in [0.717, 1.165) is 5.75 Å². The molecule has 0 aliphatic heterocycles. The van der Waals surface area contributed by atoms with Gasteiger partial charge in [-0.25, -0.2) is 9.18 Å². The lowest BCUT2D eigenvalue weighted by Gasteiger charge is -2.10. The summed E-state index contributed by atoms with van der Waals surface area (Å²) >= 11 is 0. The third kappa shape index (κ3) is 4.97. The summed E-state index contributed by atoms with van der Waals surface area (Å²) < 4.78 is 23.7. The van der Waals surface area contributed by atoms with Gasteiger partial charge >= 0.3 is 6.03 Å². The average molecular weight is 304 g/mol. The third-order valence-electron chi connectivity index (χ3n) is 2.69. The molecule has 116 valence electrons. The number of hydrogen-bond acceptors (Lipinski definition) is 3. The second kappa shape index (κ2) is 7.87. The van der Waals surface area contributed by atoms with Crippen molar-refractivity contribution >= 4 is 11.7 Å². The van der Waals surface area contributed by atoms with Gasteiger partial charge in [0.05, 0.1) is 6.61 Å². The number of nitrogens with one attached hydrogen (secondary N) is 2. The van der Waals surface area contributed by atoms with E-state index in [1.165, 1.54) is 18.2 Å². The first-order valence-corrected chi connectivity index (χ1v) is 6.83. The molecule has 2 aromatic carbocycles. The molecule has 0 bridgehead atoms. The molecule has 2 aromatic rings. The van der Waals surface area contributed by atoms with Gasteiger partial charge in [0.15, 0.2) is 6.73 Å². The summed E-state index contributed by atoms with van der Waals surface area (Å²) in [6.07, 6.45) is 0. The highest BCUT2D eigenvalue weighted by atomic mass is 19.1. The molecule has 0 heterocycles. The van der Waals surface area contributed by atoms with Crippen molar-refractivity contribution < 1.29 is 18.7 Å². The lowest BCUT2D eigenvalue weighted by molar-refractivity contribution is 0.234. The first-order chi connectivity index (χ1) is 10.7. The molecule has 0 radical (unpaired) electrons. The number of ether oxygens (including phenoxy) is 2. The Bertz CT molecular complexity index is 617. The highest BCUT2D eigenvalue weighted by Gasteiger charge is 2.02. The minimum Gasteiger partial charge on any atom is -0.494 e. The molecular weight excluding hydrogens is 287 g/mol. The summed E-state index contributed by atoms with van der Waals surface area (Å²) in [6.45, 7) is 2.50. The number of carbonyl (C=O) groups is 1. The Hall–Kier alpha value is -2.76. The first-order valence-electron chi connectivity index (χ1n) is 6.83. The van der Waals surface area contributed by atoms with Crippen molar-refractivity contribution in [1.29, 1.82) is 0 Å². The number of hydrogen-bond donors (Lipinski definition) is 2. The van der Waals surface area contributed by atoms with Crippen LogP contribution in [0, 0.1) is 5.82 Å². The average Bonchev–Trinajstić information content (AvgIpc) is 2.49. The van der Waals surface area contributed by atoms with Crippen LogP contribution in [0.25, 0.3) is 0 Å². The zero-order valence-electron chi connectivity index (χ0n) is 12.1. The second-order valence-corrected chi connectivity index (χ2v) is 4.33. The van der Waals surface area contributed by atoms with Crippen LogP contribution in [0.4, 0.5) is 14.9 Å². The first kappa shape index (κ1) is 15.6. The van der Waals surface area contributed by atoms with E-state index >= 15 is 0 Å². The predicted molar refractivity (Wildman–Crippen MR) is 81.7 cm³/mol. The maximum absolute atomic E-state index is 13.0. The van der Waals surface area contributed by atoms with E-state index in [-0.39, 0.29) is 6.73 Å². The molecule has 0 fully saturated rings. The second-order valence-electron chi connectivity index (χ2n) is 4.33. The van der Waals surface area contributed by atoms with Crippen LogP contribution in [0.3, 0.4) is 0 Å². The van der Waals surface area contributed by atoms with Gasteiger partial charge in [0, 0.05) is 5.69 Å².